The van der Waals surface area contributed by atoms with Gasteiger partial charge >= 0.3 is 0 Å². The maximum atomic E-state index is 12.5. The molecule has 2 N–H and O–H groups in total. The fourth-order valence-corrected chi connectivity index (χ4v) is 3.91. The zero-order chi connectivity index (χ0) is 19.3. The fraction of sp³-hybridized carbons (Fsp3) is 0.348. The minimum absolute atomic E-state index is 0.0185. The molecule has 1 aliphatic rings. The number of aromatic amines is 1. The Morgan fingerprint density at radius 2 is 1.96 bits per heavy atom. The lowest BCUT2D eigenvalue weighted by Gasteiger charge is -2.32. The van der Waals surface area contributed by atoms with Crippen LogP contribution in [0.2, 0.25) is 0 Å². The zero-order valence-electron chi connectivity index (χ0n) is 16.3. The predicted molar refractivity (Wildman–Crippen MR) is 112 cm³/mol. The van der Waals surface area contributed by atoms with E-state index < -0.39 is 0 Å². The van der Waals surface area contributed by atoms with Crippen LogP contribution in [0.4, 0.5) is 0 Å². The minimum Gasteiger partial charge on any atom is -0.497 e. The number of piperidine rings is 1. The highest BCUT2D eigenvalue weighted by molar-refractivity contribution is 5.97. The number of H-pyrrole nitrogens is 1. The summed E-state index contributed by atoms with van der Waals surface area (Å²) >= 11 is 0. The van der Waals surface area contributed by atoms with E-state index in [4.69, 9.17) is 4.74 Å². The Hall–Kier alpha value is -2.79. The third kappa shape index (κ3) is 4.37. The monoisotopic (exact) mass is 377 g/mol. The van der Waals surface area contributed by atoms with E-state index >= 15 is 0 Å². The first-order valence-electron chi connectivity index (χ1n) is 9.92. The van der Waals surface area contributed by atoms with Gasteiger partial charge in [0.1, 0.15) is 11.4 Å². The standard InChI is InChI=1S/C23H27N3O2/c1-28-20-7-4-5-18(13-20)16-26-11-9-17(10-12-26)15-24-23(27)22-14-19-6-2-3-8-21(19)25-22/h2-8,13-14,17,25H,9-12,15-16H2,1H3,(H,24,27). The maximum absolute atomic E-state index is 12.5. The molecule has 1 aliphatic heterocycles. The fourth-order valence-electron chi connectivity index (χ4n) is 3.91. The summed E-state index contributed by atoms with van der Waals surface area (Å²) in [6.45, 7) is 3.81. The highest BCUT2D eigenvalue weighted by atomic mass is 16.5. The first-order valence-corrected chi connectivity index (χ1v) is 9.92. The number of amides is 1. The SMILES string of the molecule is COc1cccc(CN2CCC(CNC(=O)c3cc4ccccc4[nH]3)CC2)c1. The van der Waals surface area contributed by atoms with Crippen LogP contribution in [-0.4, -0.2) is 42.5 Å². The number of carbonyl (C=O) groups is 1. The number of benzene rings is 2. The molecule has 1 fully saturated rings. The van der Waals surface area contributed by atoms with Gasteiger partial charge in [0.25, 0.3) is 5.91 Å². The Morgan fingerprint density at radius 3 is 2.75 bits per heavy atom. The smallest absolute Gasteiger partial charge is 0.267 e. The number of nitrogens with one attached hydrogen (secondary N) is 2. The van der Waals surface area contributed by atoms with Crippen molar-refractivity contribution in [1.82, 2.24) is 15.2 Å². The number of carbonyl (C=O) groups excluding carboxylic acids is 1. The Kier molecular flexibility index (Phi) is 5.63. The van der Waals surface area contributed by atoms with Crippen LogP contribution in [0.15, 0.2) is 54.6 Å². The molecule has 4 rings (SSSR count). The van der Waals surface area contributed by atoms with Crippen molar-refractivity contribution in [1.29, 1.82) is 0 Å². The van der Waals surface area contributed by atoms with Crippen LogP contribution < -0.4 is 10.1 Å². The molecule has 146 valence electrons. The number of hydrogen-bond donors (Lipinski definition) is 2. The van der Waals surface area contributed by atoms with E-state index in [2.05, 4.69) is 27.3 Å². The second-order valence-electron chi connectivity index (χ2n) is 7.55. The summed E-state index contributed by atoms with van der Waals surface area (Å²) in [7, 11) is 1.70. The van der Waals surface area contributed by atoms with Crippen molar-refractivity contribution < 1.29 is 9.53 Å². The maximum Gasteiger partial charge on any atom is 0.267 e. The molecule has 1 aromatic heterocycles. The van der Waals surface area contributed by atoms with Gasteiger partial charge in [0.05, 0.1) is 7.11 Å². The van der Waals surface area contributed by atoms with Gasteiger partial charge in [-0.1, -0.05) is 30.3 Å². The number of nitrogens with zero attached hydrogens (tertiary/aromatic N) is 1. The number of aromatic nitrogens is 1. The van der Waals surface area contributed by atoms with Gasteiger partial charge in [-0.3, -0.25) is 9.69 Å². The Morgan fingerprint density at radius 1 is 1.14 bits per heavy atom. The molecule has 1 amide bonds. The van der Waals surface area contributed by atoms with Gasteiger partial charge in [0.2, 0.25) is 0 Å². The Labute approximate surface area is 165 Å². The number of hydrogen-bond acceptors (Lipinski definition) is 3. The summed E-state index contributed by atoms with van der Waals surface area (Å²) in [4.78, 5) is 18.1. The zero-order valence-corrected chi connectivity index (χ0v) is 16.3. The summed E-state index contributed by atoms with van der Waals surface area (Å²) < 4.78 is 5.31. The van der Waals surface area contributed by atoms with E-state index in [9.17, 15) is 4.79 Å². The molecule has 0 radical (unpaired) electrons. The van der Waals surface area contributed by atoms with Crippen molar-refractivity contribution in [3.63, 3.8) is 0 Å². The quantitative estimate of drug-likeness (QED) is 0.687. The topological polar surface area (TPSA) is 57.4 Å². The van der Waals surface area contributed by atoms with E-state index in [1.807, 2.05) is 42.5 Å². The largest absolute Gasteiger partial charge is 0.497 e. The molecule has 0 spiro atoms. The number of methoxy groups -OCH3 is 1. The molecule has 0 aliphatic carbocycles. The van der Waals surface area contributed by atoms with Gasteiger partial charge in [0, 0.05) is 24.0 Å². The van der Waals surface area contributed by atoms with Crippen LogP contribution in [-0.2, 0) is 6.54 Å². The molecule has 5 nitrogen and oxygen atoms in total. The summed E-state index contributed by atoms with van der Waals surface area (Å²) in [6, 6.07) is 18.1. The third-order valence-corrected chi connectivity index (χ3v) is 5.57. The predicted octanol–water partition coefficient (Wildman–Crippen LogP) is 3.82. The molecule has 2 aromatic carbocycles. The van der Waals surface area contributed by atoms with Crippen molar-refractivity contribution in [2.45, 2.75) is 19.4 Å². The first-order chi connectivity index (χ1) is 13.7. The molecule has 0 saturated carbocycles. The van der Waals surface area contributed by atoms with Crippen LogP contribution in [0.25, 0.3) is 10.9 Å². The summed E-state index contributed by atoms with van der Waals surface area (Å²) in [5.41, 5.74) is 2.92. The van der Waals surface area contributed by atoms with Crippen LogP contribution in [0.1, 0.15) is 28.9 Å². The van der Waals surface area contributed by atoms with E-state index in [0.717, 1.165) is 55.7 Å². The number of rotatable bonds is 6. The molecule has 2 heterocycles. The van der Waals surface area contributed by atoms with Crippen LogP contribution in [0, 0.1) is 5.92 Å². The van der Waals surface area contributed by atoms with Crippen molar-refractivity contribution >= 4 is 16.8 Å². The van der Waals surface area contributed by atoms with E-state index in [1.165, 1.54) is 5.56 Å². The van der Waals surface area contributed by atoms with Crippen LogP contribution in [0.5, 0.6) is 5.75 Å². The lowest BCUT2D eigenvalue weighted by Crippen LogP contribution is -2.38. The lowest BCUT2D eigenvalue weighted by molar-refractivity contribution is 0.0931. The number of likely N-dealkylation sites (tertiary alicyclic amines) is 1. The first kappa shape index (κ1) is 18.6. The average molecular weight is 377 g/mol. The van der Waals surface area contributed by atoms with E-state index in [1.54, 1.807) is 7.11 Å². The Balaban J connectivity index is 1.24. The van der Waals surface area contributed by atoms with Gasteiger partial charge in [-0.15, -0.1) is 0 Å². The van der Waals surface area contributed by atoms with E-state index in [0.29, 0.717) is 11.6 Å². The molecular formula is C23H27N3O2. The van der Waals surface area contributed by atoms with Crippen molar-refractivity contribution in [3.8, 4) is 5.75 Å². The van der Waals surface area contributed by atoms with Crippen molar-refractivity contribution in [2.24, 2.45) is 5.92 Å². The average Bonchev–Trinajstić information content (AvgIpc) is 3.17. The van der Waals surface area contributed by atoms with Gasteiger partial charge < -0.3 is 15.0 Å². The third-order valence-electron chi connectivity index (χ3n) is 5.57. The van der Waals surface area contributed by atoms with Crippen LogP contribution >= 0.6 is 0 Å². The van der Waals surface area contributed by atoms with Crippen LogP contribution in [0.3, 0.4) is 0 Å². The molecule has 0 unspecified atom stereocenters. The van der Waals surface area contributed by atoms with Gasteiger partial charge in [-0.2, -0.15) is 0 Å². The van der Waals surface area contributed by atoms with E-state index in [-0.39, 0.29) is 5.91 Å². The second kappa shape index (κ2) is 8.48. The summed E-state index contributed by atoms with van der Waals surface area (Å²) in [6.07, 6.45) is 2.22. The number of fused-ring (bicyclic) bond motifs is 1. The van der Waals surface area contributed by atoms with Crippen molar-refractivity contribution in [3.05, 3.63) is 65.9 Å². The molecule has 1 saturated heterocycles. The molecule has 5 heteroatoms. The van der Waals surface area contributed by atoms with Gasteiger partial charge in [0.15, 0.2) is 0 Å². The van der Waals surface area contributed by atoms with Gasteiger partial charge in [-0.05, 0) is 61.7 Å². The number of ether oxygens (including phenoxy) is 1. The highest BCUT2D eigenvalue weighted by Gasteiger charge is 2.20. The molecule has 3 aromatic rings. The summed E-state index contributed by atoms with van der Waals surface area (Å²) in [5, 5.41) is 4.17. The molecule has 28 heavy (non-hydrogen) atoms. The molecular weight excluding hydrogens is 350 g/mol. The minimum atomic E-state index is -0.0185. The molecule has 0 bridgehead atoms. The highest BCUT2D eigenvalue weighted by Crippen LogP contribution is 2.21. The molecule has 0 atom stereocenters. The number of para-hydroxylation sites is 1. The normalized spacial score (nSPS) is 15.6. The lowest BCUT2D eigenvalue weighted by atomic mass is 9.96. The van der Waals surface area contributed by atoms with Crippen molar-refractivity contribution in [2.75, 3.05) is 26.7 Å². The van der Waals surface area contributed by atoms with Gasteiger partial charge in [-0.25, -0.2) is 0 Å². The second-order valence-corrected chi connectivity index (χ2v) is 7.55. The summed E-state index contributed by atoms with van der Waals surface area (Å²) in [5.74, 6) is 1.43. The Bertz CT molecular complexity index is 909.